The van der Waals surface area contributed by atoms with Crippen LogP contribution in [0.4, 0.5) is 10.1 Å². The summed E-state index contributed by atoms with van der Waals surface area (Å²) in [6.45, 7) is 7.08. The van der Waals surface area contributed by atoms with E-state index in [1.54, 1.807) is 44.6 Å². The number of ether oxygens (including phenoxy) is 3. The lowest BCUT2D eigenvalue weighted by molar-refractivity contribution is -0.119. The van der Waals surface area contributed by atoms with Gasteiger partial charge in [-0.05, 0) is 54.3 Å². The van der Waals surface area contributed by atoms with Gasteiger partial charge in [0.1, 0.15) is 11.6 Å². The van der Waals surface area contributed by atoms with Crippen molar-refractivity contribution in [1.29, 1.82) is 0 Å². The minimum absolute atomic E-state index is 0.141. The molecule has 1 saturated carbocycles. The van der Waals surface area contributed by atoms with E-state index in [0.29, 0.717) is 41.2 Å². The van der Waals surface area contributed by atoms with Crippen LogP contribution < -0.4 is 31.9 Å². The highest BCUT2D eigenvalue weighted by Gasteiger charge is 2.54. The van der Waals surface area contributed by atoms with Crippen LogP contribution in [0.25, 0.3) is 11.1 Å². The zero-order valence-electron chi connectivity index (χ0n) is 20.5. The fourth-order valence-electron chi connectivity index (χ4n) is 3.95. The average molecular weight is 496 g/mol. The van der Waals surface area contributed by atoms with Gasteiger partial charge in [-0.1, -0.05) is 25.3 Å². The lowest BCUT2D eigenvalue weighted by atomic mass is 9.92. The van der Waals surface area contributed by atoms with E-state index in [4.69, 9.17) is 25.9 Å². The summed E-state index contributed by atoms with van der Waals surface area (Å²) < 4.78 is 30.1. The summed E-state index contributed by atoms with van der Waals surface area (Å²) in [7, 11) is 4.51. The van der Waals surface area contributed by atoms with Gasteiger partial charge < -0.3 is 30.8 Å². The molecule has 0 saturated heterocycles. The molecule has 0 heterocycles. The van der Waals surface area contributed by atoms with E-state index in [1.165, 1.54) is 13.2 Å². The largest absolute Gasteiger partial charge is 0.497 e. The van der Waals surface area contributed by atoms with Crippen LogP contribution in [0.2, 0.25) is 0 Å². The van der Waals surface area contributed by atoms with E-state index >= 15 is 0 Å². The Bertz CT molecular complexity index is 1250. The first-order valence-electron chi connectivity index (χ1n) is 11.0. The van der Waals surface area contributed by atoms with Crippen LogP contribution in [-0.2, 0) is 9.53 Å². The van der Waals surface area contributed by atoms with Gasteiger partial charge in [0.05, 0.1) is 26.7 Å². The molecule has 2 aromatic rings. The van der Waals surface area contributed by atoms with Gasteiger partial charge in [-0.3, -0.25) is 4.79 Å². The van der Waals surface area contributed by atoms with Crippen molar-refractivity contribution < 1.29 is 23.4 Å². The van der Waals surface area contributed by atoms with Gasteiger partial charge in [-0.15, -0.1) is 0 Å². The molecule has 2 aromatic carbocycles. The predicted molar refractivity (Wildman–Crippen MR) is 138 cm³/mol. The summed E-state index contributed by atoms with van der Waals surface area (Å²) in [5.74, 6) is 11.6. The number of anilines is 1. The van der Waals surface area contributed by atoms with Crippen LogP contribution in [0.15, 0.2) is 77.9 Å². The number of nitrogens with zero attached hydrogens (tertiary/aromatic N) is 1. The second kappa shape index (κ2) is 11.0. The zero-order valence-corrected chi connectivity index (χ0v) is 20.5. The Kier molecular flexibility index (Phi) is 8.00. The van der Waals surface area contributed by atoms with Crippen molar-refractivity contribution in [3.8, 4) is 22.6 Å². The molecule has 10 heteroatoms. The number of hydrazine groups is 1. The van der Waals surface area contributed by atoms with E-state index in [-0.39, 0.29) is 23.1 Å². The summed E-state index contributed by atoms with van der Waals surface area (Å²) in [6.07, 6.45) is 2.32. The molecule has 0 aromatic heterocycles. The highest BCUT2D eigenvalue weighted by atomic mass is 19.1. The molecular weight excluding hydrogens is 465 g/mol. The number of benzene rings is 2. The van der Waals surface area contributed by atoms with Crippen molar-refractivity contribution in [3.05, 3.63) is 78.4 Å². The molecular formula is C26H30FN5O4. The normalized spacial score (nSPS) is 14.5. The first kappa shape index (κ1) is 26.3. The van der Waals surface area contributed by atoms with Crippen molar-refractivity contribution in [2.24, 2.45) is 22.2 Å². The SMILES string of the molecule is C=C(/C=C(\C(=C)F)C1(C(=O)Nc2ccc(-c3ccc(OC)c(OC)c3)c(/C(=N/N)NN)c2)CC1)OC. The van der Waals surface area contributed by atoms with Crippen LogP contribution >= 0.6 is 0 Å². The van der Waals surface area contributed by atoms with Crippen LogP contribution in [0.3, 0.4) is 0 Å². The monoisotopic (exact) mass is 495 g/mol. The fourth-order valence-corrected chi connectivity index (χ4v) is 3.95. The molecule has 0 atom stereocenters. The number of nitrogens with two attached hydrogens (primary N) is 2. The molecule has 1 aliphatic carbocycles. The van der Waals surface area contributed by atoms with Crippen LogP contribution in [0, 0.1) is 5.41 Å². The topological polar surface area (TPSA) is 133 Å². The van der Waals surface area contributed by atoms with Crippen molar-refractivity contribution in [2.75, 3.05) is 26.6 Å². The highest BCUT2D eigenvalue weighted by molar-refractivity contribution is 6.06. The standard InChI is InChI=1S/C26H30FN5O4/c1-15(34-3)12-21(16(2)27)26(10-11-26)25(33)30-18-7-8-19(20(14-18)24(31-28)32-29)17-6-9-22(35-4)23(13-17)36-5/h6-9,12-14H,1-2,10-11,28-29H2,3-5H3,(H,30,33)(H,31,32)/b21-12+. The maximum atomic E-state index is 14.3. The maximum Gasteiger partial charge on any atom is 0.235 e. The van der Waals surface area contributed by atoms with E-state index in [2.05, 4.69) is 29.0 Å². The van der Waals surface area contributed by atoms with Crippen LogP contribution in [-0.4, -0.2) is 33.1 Å². The third-order valence-electron chi connectivity index (χ3n) is 6.05. The summed E-state index contributed by atoms with van der Waals surface area (Å²) >= 11 is 0. The number of allylic oxidation sites excluding steroid dienone is 2. The van der Waals surface area contributed by atoms with Gasteiger partial charge >= 0.3 is 0 Å². The summed E-state index contributed by atoms with van der Waals surface area (Å²) in [5.41, 5.74) is 4.00. The lowest BCUT2D eigenvalue weighted by Gasteiger charge is -2.20. The number of halogens is 1. The molecule has 0 unspecified atom stereocenters. The Morgan fingerprint density at radius 3 is 2.33 bits per heavy atom. The summed E-state index contributed by atoms with van der Waals surface area (Å²) in [5, 5.41) is 6.60. The van der Waals surface area contributed by atoms with Crippen LogP contribution in [0.5, 0.6) is 11.5 Å². The summed E-state index contributed by atoms with van der Waals surface area (Å²) in [6, 6.07) is 10.6. The number of amides is 1. The Labute approximate surface area is 209 Å². The number of nitrogens with one attached hydrogen (secondary N) is 2. The number of hydrazone groups is 1. The minimum atomic E-state index is -1.06. The van der Waals surface area contributed by atoms with Gasteiger partial charge in [0.25, 0.3) is 0 Å². The van der Waals surface area contributed by atoms with E-state index in [1.807, 2.05) is 6.07 Å². The Balaban J connectivity index is 2.01. The third-order valence-corrected chi connectivity index (χ3v) is 6.05. The molecule has 36 heavy (non-hydrogen) atoms. The molecule has 0 radical (unpaired) electrons. The minimum Gasteiger partial charge on any atom is -0.497 e. The van der Waals surface area contributed by atoms with E-state index in [0.717, 1.165) is 5.56 Å². The van der Waals surface area contributed by atoms with Crippen molar-refractivity contribution >= 4 is 17.4 Å². The second-order valence-corrected chi connectivity index (χ2v) is 8.12. The Hall–Kier alpha value is -4.31. The van der Waals surface area contributed by atoms with Crippen molar-refractivity contribution in [3.63, 3.8) is 0 Å². The molecule has 0 spiro atoms. The molecule has 1 aliphatic rings. The number of carbonyl (C=O) groups excluding carboxylic acids is 1. The maximum absolute atomic E-state index is 14.3. The van der Waals surface area contributed by atoms with E-state index < -0.39 is 11.2 Å². The highest BCUT2D eigenvalue weighted by Crippen LogP contribution is 2.55. The fraction of sp³-hybridized carbons (Fsp3) is 0.231. The number of hydrogen-bond donors (Lipinski definition) is 4. The number of carbonyl (C=O) groups is 1. The average Bonchev–Trinajstić information content (AvgIpc) is 3.69. The molecule has 1 amide bonds. The molecule has 1 fully saturated rings. The first-order chi connectivity index (χ1) is 17.2. The number of amidine groups is 1. The molecule has 190 valence electrons. The van der Waals surface area contributed by atoms with Crippen molar-refractivity contribution in [1.82, 2.24) is 5.43 Å². The van der Waals surface area contributed by atoms with Gasteiger partial charge in [0.2, 0.25) is 5.91 Å². The molecule has 9 nitrogen and oxygen atoms in total. The Morgan fingerprint density at radius 1 is 1.11 bits per heavy atom. The molecule has 6 N–H and O–H groups in total. The quantitative estimate of drug-likeness (QED) is 0.0985. The van der Waals surface area contributed by atoms with Gasteiger partial charge in [-0.2, -0.15) is 5.10 Å². The molecule has 0 aliphatic heterocycles. The number of methoxy groups -OCH3 is 3. The van der Waals surface area contributed by atoms with Gasteiger partial charge in [-0.25, -0.2) is 10.2 Å². The predicted octanol–water partition coefficient (Wildman–Crippen LogP) is 3.74. The third kappa shape index (κ3) is 5.18. The zero-order chi connectivity index (χ0) is 26.5. The number of rotatable bonds is 10. The van der Waals surface area contributed by atoms with Gasteiger partial charge in [0.15, 0.2) is 17.3 Å². The second-order valence-electron chi connectivity index (χ2n) is 8.12. The molecule has 3 rings (SSSR count). The van der Waals surface area contributed by atoms with Crippen LogP contribution in [0.1, 0.15) is 18.4 Å². The van der Waals surface area contributed by atoms with Gasteiger partial charge in [0, 0.05) is 16.8 Å². The Morgan fingerprint density at radius 2 is 1.81 bits per heavy atom. The number of hydrogen-bond acceptors (Lipinski definition) is 7. The van der Waals surface area contributed by atoms with E-state index in [9.17, 15) is 9.18 Å². The lowest BCUT2D eigenvalue weighted by Crippen LogP contribution is -2.32. The molecule has 0 bridgehead atoms. The smallest absolute Gasteiger partial charge is 0.235 e. The van der Waals surface area contributed by atoms with Crippen molar-refractivity contribution in [2.45, 2.75) is 12.8 Å². The first-order valence-corrected chi connectivity index (χ1v) is 11.0. The summed E-state index contributed by atoms with van der Waals surface area (Å²) in [4.78, 5) is 13.3.